The van der Waals surface area contributed by atoms with E-state index in [2.05, 4.69) is 9.68 Å². The van der Waals surface area contributed by atoms with Gasteiger partial charge in [0.05, 0.1) is 34.7 Å². The topological polar surface area (TPSA) is 77.0 Å². The zero-order valence-corrected chi connectivity index (χ0v) is 12.6. The van der Waals surface area contributed by atoms with Crippen molar-refractivity contribution in [2.24, 2.45) is 4.36 Å². The molecule has 2 amide bonds. The van der Waals surface area contributed by atoms with Crippen LogP contribution >= 0.6 is 11.6 Å². The average Bonchev–Trinajstić information content (AvgIpc) is 2.28. The molecule has 1 N–H and O–H groups in total. The van der Waals surface area contributed by atoms with Crippen LogP contribution in [0.5, 0.6) is 11.5 Å². The fourth-order valence-electron chi connectivity index (χ4n) is 1.30. The van der Waals surface area contributed by atoms with Crippen LogP contribution in [0.1, 0.15) is 0 Å². The van der Waals surface area contributed by atoms with Crippen molar-refractivity contribution in [3.05, 3.63) is 17.2 Å². The van der Waals surface area contributed by atoms with E-state index < -0.39 is 15.8 Å². The van der Waals surface area contributed by atoms with Crippen LogP contribution in [-0.2, 0) is 9.73 Å². The number of methoxy groups -OCH3 is 2. The first-order valence-electron chi connectivity index (χ1n) is 5.16. The number of rotatable bonds is 3. The monoisotopic (exact) mass is 306 g/mol. The summed E-state index contributed by atoms with van der Waals surface area (Å²) in [4.78, 5) is 11.6. The van der Waals surface area contributed by atoms with Gasteiger partial charge in [0.25, 0.3) is 0 Å². The number of hydrogen-bond acceptors (Lipinski definition) is 4. The van der Waals surface area contributed by atoms with E-state index in [1.807, 2.05) is 0 Å². The maximum absolute atomic E-state index is 11.6. The Morgan fingerprint density at radius 1 is 1.26 bits per heavy atom. The number of carbonyl (C=O) groups is 1. The summed E-state index contributed by atoms with van der Waals surface area (Å²) >= 11 is 5.94. The fraction of sp³-hybridized carbons (Fsp3) is 0.364. The van der Waals surface area contributed by atoms with Crippen LogP contribution in [0.4, 0.5) is 10.5 Å². The summed E-state index contributed by atoms with van der Waals surface area (Å²) in [7, 11) is 0.369. The minimum absolute atomic E-state index is 0.334. The molecule has 0 aliphatic heterocycles. The molecule has 0 aliphatic rings. The zero-order valence-electron chi connectivity index (χ0n) is 11.0. The summed E-state index contributed by atoms with van der Waals surface area (Å²) in [5.74, 6) is 0.736. The SMILES string of the molecule is COc1cc(NC(=O)N=S(C)(C)=O)c(OC)cc1Cl. The van der Waals surface area contributed by atoms with E-state index in [9.17, 15) is 9.00 Å². The van der Waals surface area contributed by atoms with Crippen molar-refractivity contribution >= 4 is 33.0 Å². The standard InChI is InChI=1S/C11H15ClN2O4S/c1-17-9-6-8(10(18-2)5-7(9)12)13-11(15)14-19(3,4)16/h5-6H,1-4H3,(H,13,15). The highest BCUT2D eigenvalue weighted by molar-refractivity contribution is 7.92. The molecular weight excluding hydrogens is 292 g/mol. The minimum Gasteiger partial charge on any atom is -0.495 e. The largest absolute Gasteiger partial charge is 0.495 e. The van der Waals surface area contributed by atoms with Crippen LogP contribution in [0, 0.1) is 0 Å². The minimum atomic E-state index is -2.52. The molecule has 1 aromatic carbocycles. The highest BCUT2D eigenvalue weighted by Gasteiger charge is 2.12. The third kappa shape index (κ3) is 4.60. The van der Waals surface area contributed by atoms with Gasteiger partial charge in [-0.3, -0.25) is 0 Å². The summed E-state index contributed by atoms with van der Waals surface area (Å²) in [6, 6.07) is 2.28. The number of anilines is 1. The second kappa shape index (κ2) is 6.12. The van der Waals surface area contributed by atoms with Crippen molar-refractivity contribution in [3.8, 4) is 11.5 Å². The Morgan fingerprint density at radius 3 is 2.32 bits per heavy atom. The van der Waals surface area contributed by atoms with Gasteiger partial charge < -0.3 is 14.8 Å². The molecule has 0 heterocycles. The maximum atomic E-state index is 11.6. The molecule has 0 aliphatic carbocycles. The van der Waals surface area contributed by atoms with Crippen LogP contribution in [0.25, 0.3) is 0 Å². The first-order chi connectivity index (χ1) is 8.76. The van der Waals surface area contributed by atoms with Crippen LogP contribution in [0.15, 0.2) is 16.5 Å². The molecule has 1 rings (SSSR count). The summed E-state index contributed by atoms with van der Waals surface area (Å²) < 4.78 is 25.1. The molecule has 106 valence electrons. The van der Waals surface area contributed by atoms with Crippen molar-refractivity contribution in [2.45, 2.75) is 0 Å². The van der Waals surface area contributed by atoms with E-state index in [0.717, 1.165) is 0 Å². The lowest BCUT2D eigenvalue weighted by atomic mass is 10.2. The van der Waals surface area contributed by atoms with Gasteiger partial charge in [0.1, 0.15) is 11.5 Å². The van der Waals surface area contributed by atoms with Crippen molar-refractivity contribution < 1.29 is 18.5 Å². The van der Waals surface area contributed by atoms with E-state index in [-0.39, 0.29) is 0 Å². The summed E-state index contributed by atoms with van der Waals surface area (Å²) in [5.41, 5.74) is 0.334. The lowest BCUT2D eigenvalue weighted by molar-refractivity contribution is 0.260. The van der Waals surface area contributed by atoms with Gasteiger partial charge >= 0.3 is 6.03 Å². The quantitative estimate of drug-likeness (QED) is 0.931. The Kier molecular flexibility index (Phi) is 5.02. The summed E-state index contributed by atoms with van der Waals surface area (Å²) in [6.45, 7) is 0. The molecule has 0 atom stereocenters. The first kappa shape index (κ1) is 15.6. The Bertz CT molecular complexity index is 601. The molecule has 0 spiro atoms. The van der Waals surface area contributed by atoms with Crippen LogP contribution < -0.4 is 14.8 Å². The van der Waals surface area contributed by atoms with Gasteiger partial charge in [-0.2, -0.15) is 0 Å². The molecule has 6 nitrogen and oxygen atoms in total. The molecule has 0 fully saturated rings. The predicted molar refractivity (Wildman–Crippen MR) is 76.0 cm³/mol. The molecule has 19 heavy (non-hydrogen) atoms. The number of amides is 2. The lowest BCUT2D eigenvalue weighted by Gasteiger charge is -2.12. The molecule has 0 saturated heterocycles. The zero-order chi connectivity index (χ0) is 14.6. The number of nitrogens with one attached hydrogen (secondary N) is 1. The van der Waals surface area contributed by atoms with E-state index in [4.69, 9.17) is 21.1 Å². The molecule has 0 aromatic heterocycles. The van der Waals surface area contributed by atoms with Gasteiger partial charge in [-0.25, -0.2) is 9.00 Å². The van der Waals surface area contributed by atoms with Gasteiger partial charge in [0, 0.05) is 24.6 Å². The highest BCUT2D eigenvalue weighted by atomic mass is 35.5. The number of urea groups is 1. The number of nitrogens with zero attached hydrogens (tertiary/aromatic N) is 1. The van der Waals surface area contributed by atoms with Crippen molar-refractivity contribution in [1.82, 2.24) is 0 Å². The number of ether oxygens (including phenoxy) is 2. The van der Waals surface area contributed by atoms with E-state index >= 15 is 0 Å². The molecule has 8 heteroatoms. The Hall–Kier alpha value is -1.47. The highest BCUT2D eigenvalue weighted by Crippen LogP contribution is 2.35. The third-order valence-electron chi connectivity index (χ3n) is 2.02. The van der Waals surface area contributed by atoms with Gasteiger partial charge in [-0.15, -0.1) is 4.36 Å². The second-order valence-electron chi connectivity index (χ2n) is 3.89. The maximum Gasteiger partial charge on any atom is 0.353 e. The normalized spacial score (nSPS) is 10.8. The van der Waals surface area contributed by atoms with Gasteiger partial charge in [-0.1, -0.05) is 11.6 Å². The van der Waals surface area contributed by atoms with Crippen molar-refractivity contribution in [1.29, 1.82) is 0 Å². The smallest absolute Gasteiger partial charge is 0.353 e. The lowest BCUT2D eigenvalue weighted by Crippen LogP contribution is -2.10. The van der Waals surface area contributed by atoms with Gasteiger partial charge in [0.2, 0.25) is 0 Å². The first-order valence-corrected chi connectivity index (χ1v) is 7.87. The molecule has 0 saturated carbocycles. The van der Waals surface area contributed by atoms with Gasteiger partial charge in [0.15, 0.2) is 0 Å². The van der Waals surface area contributed by atoms with Crippen molar-refractivity contribution in [3.63, 3.8) is 0 Å². The Morgan fingerprint density at radius 2 is 1.84 bits per heavy atom. The van der Waals surface area contributed by atoms with Gasteiger partial charge in [-0.05, 0) is 0 Å². The summed E-state index contributed by atoms with van der Waals surface area (Å²) in [5, 5.41) is 2.82. The number of benzene rings is 1. The Labute approximate surface area is 117 Å². The number of halogens is 1. The molecule has 0 unspecified atom stereocenters. The van der Waals surface area contributed by atoms with E-state index in [1.54, 1.807) is 0 Å². The van der Waals surface area contributed by atoms with Crippen LogP contribution in [-0.4, -0.2) is 37.0 Å². The molecule has 1 aromatic rings. The van der Waals surface area contributed by atoms with E-state index in [1.165, 1.54) is 38.9 Å². The third-order valence-corrected chi connectivity index (χ3v) is 2.92. The van der Waals surface area contributed by atoms with E-state index in [0.29, 0.717) is 22.2 Å². The molecular formula is C11H15ClN2O4S. The van der Waals surface area contributed by atoms with Crippen LogP contribution in [0.3, 0.4) is 0 Å². The fourth-order valence-corrected chi connectivity index (χ4v) is 1.97. The Balaban J connectivity index is 3.13. The predicted octanol–water partition coefficient (Wildman–Crippen LogP) is 2.62. The number of hydrogen-bond donors (Lipinski definition) is 1. The summed E-state index contributed by atoms with van der Waals surface area (Å²) in [6.07, 6.45) is 2.73. The average molecular weight is 307 g/mol. The van der Waals surface area contributed by atoms with Crippen LogP contribution in [0.2, 0.25) is 5.02 Å². The molecule has 0 bridgehead atoms. The second-order valence-corrected chi connectivity index (χ2v) is 6.84. The molecule has 0 radical (unpaired) electrons. The van der Waals surface area contributed by atoms with Crippen molar-refractivity contribution in [2.75, 3.05) is 32.0 Å². The number of carbonyl (C=O) groups excluding carboxylic acids is 1.